The fourth-order valence-corrected chi connectivity index (χ4v) is 2.46. The Morgan fingerprint density at radius 2 is 1.83 bits per heavy atom. The summed E-state index contributed by atoms with van der Waals surface area (Å²) in [5, 5.41) is 0. The van der Waals surface area contributed by atoms with E-state index in [0.29, 0.717) is 6.42 Å². The van der Waals surface area contributed by atoms with Crippen molar-refractivity contribution in [1.82, 2.24) is 14.5 Å². The van der Waals surface area contributed by atoms with Crippen LogP contribution >= 0.6 is 0 Å². The van der Waals surface area contributed by atoms with Crippen LogP contribution in [-0.2, 0) is 19.9 Å². The number of pyridine rings is 1. The Kier molecular flexibility index (Phi) is 4.19. The second kappa shape index (κ2) is 6.44. The molecule has 2 N–H and O–H groups in total. The maximum Gasteiger partial charge on any atom is 0.254 e. The van der Waals surface area contributed by atoms with Gasteiger partial charge in [-0.1, -0.05) is 24.3 Å². The molecule has 3 rings (SSSR count). The molecule has 0 amide bonds. The average molecular weight is 306 g/mol. The summed E-state index contributed by atoms with van der Waals surface area (Å²) in [7, 11) is 1.62. The zero-order chi connectivity index (χ0) is 16.2. The van der Waals surface area contributed by atoms with Crippen molar-refractivity contribution >= 4 is 5.95 Å². The van der Waals surface area contributed by atoms with Crippen molar-refractivity contribution in [3.63, 3.8) is 0 Å². The molecule has 2 heterocycles. The van der Waals surface area contributed by atoms with Crippen LogP contribution in [0.2, 0.25) is 0 Å². The Hall–Kier alpha value is -2.95. The topological polar surface area (TPSA) is 73.8 Å². The largest absolute Gasteiger partial charge is 0.369 e. The molecule has 3 aromatic rings. The lowest BCUT2D eigenvalue weighted by atomic mass is 10.0. The highest BCUT2D eigenvalue weighted by Crippen LogP contribution is 2.20. The number of aryl methyl sites for hydroxylation is 2. The summed E-state index contributed by atoms with van der Waals surface area (Å²) in [5.74, 6) is 0.248. The maximum atomic E-state index is 11.7. The first-order valence-corrected chi connectivity index (χ1v) is 7.45. The van der Waals surface area contributed by atoms with Gasteiger partial charge in [0.05, 0.1) is 5.69 Å². The summed E-state index contributed by atoms with van der Waals surface area (Å²) in [6.07, 6.45) is 5.06. The van der Waals surface area contributed by atoms with Crippen molar-refractivity contribution in [3.8, 4) is 11.1 Å². The minimum Gasteiger partial charge on any atom is -0.369 e. The van der Waals surface area contributed by atoms with Crippen LogP contribution in [0.1, 0.15) is 11.3 Å². The number of nitrogen functional groups attached to an aromatic ring is 1. The Labute approximate surface area is 134 Å². The molecular formula is C18H18N4O. The van der Waals surface area contributed by atoms with Gasteiger partial charge in [0.2, 0.25) is 5.95 Å². The van der Waals surface area contributed by atoms with Gasteiger partial charge in [-0.25, -0.2) is 4.98 Å². The molecule has 116 valence electrons. The van der Waals surface area contributed by atoms with E-state index < -0.39 is 0 Å². The molecule has 5 heteroatoms. The molecule has 23 heavy (non-hydrogen) atoms. The minimum atomic E-state index is -0.127. The summed E-state index contributed by atoms with van der Waals surface area (Å²) >= 11 is 0. The highest BCUT2D eigenvalue weighted by atomic mass is 16.1. The van der Waals surface area contributed by atoms with Gasteiger partial charge in [0.15, 0.2) is 0 Å². The molecule has 0 radical (unpaired) electrons. The molecule has 0 atom stereocenters. The van der Waals surface area contributed by atoms with E-state index in [9.17, 15) is 4.79 Å². The lowest BCUT2D eigenvalue weighted by Crippen LogP contribution is -2.21. The summed E-state index contributed by atoms with van der Waals surface area (Å²) in [5.41, 5.74) is 9.82. The maximum absolute atomic E-state index is 11.7. The van der Waals surface area contributed by atoms with E-state index in [1.165, 1.54) is 10.1 Å². The zero-order valence-corrected chi connectivity index (χ0v) is 12.9. The van der Waals surface area contributed by atoms with Gasteiger partial charge in [-0.2, -0.15) is 0 Å². The third-order valence-corrected chi connectivity index (χ3v) is 3.83. The van der Waals surface area contributed by atoms with Crippen LogP contribution in [0.15, 0.2) is 59.7 Å². The van der Waals surface area contributed by atoms with Crippen LogP contribution in [0.4, 0.5) is 5.95 Å². The molecule has 0 saturated heterocycles. The minimum absolute atomic E-state index is 0.127. The SMILES string of the molecule is Cn1c(N)nc(CCc2cccc(-c3ccncc3)c2)cc1=O. The van der Waals surface area contributed by atoms with E-state index in [1.54, 1.807) is 25.5 Å². The summed E-state index contributed by atoms with van der Waals surface area (Å²) in [6.45, 7) is 0. The number of nitrogens with two attached hydrogens (primary N) is 1. The summed E-state index contributed by atoms with van der Waals surface area (Å²) < 4.78 is 1.34. The van der Waals surface area contributed by atoms with Gasteiger partial charge in [-0.05, 0) is 41.7 Å². The van der Waals surface area contributed by atoms with E-state index in [2.05, 4.69) is 28.2 Å². The van der Waals surface area contributed by atoms with Crippen LogP contribution in [0.3, 0.4) is 0 Å². The standard InChI is InChI=1S/C18H18N4O/c1-22-17(23)12-16(21-18(22)19)6-5-13-3-2-4-15(11-13)14-7-9-20-10-8-14/h2-4,7-12H,5-6H2,1H3,(H2,19,21). The monoisotopic (exact) mass is 306 g/mol. The van der Waals surface area contributed by atoms with Crippen molar-refractivity contribution in [2.75, 3.05) is 5.73 Å². The van der Waals surface area contributed by atoms with E-state index in [0.717, 1.165) is 23.2 Å². The Morgan fingerprint density at radius 1 is 1.04 bits per heavy atom. The number of benzene rings is 1. The summed E-state index contributed by atoms with van der Waals surface area (Å²) in [6, 6.07) is 13.9. The molecule has 0 aliphatic carbocycles. The number of hydrogen-bond donors (Lipinski definition) is 1. The van der Waals surface area contributed by atoms with Crippen molar-refractivity contribution < 1.29 is 0 Å². The van der Waals surface area contributed by atoms with E-state index >= 15 is 0 Å². The van der Waals surface area contributed by atoms with Gasteiger partial charge in [0.25, 0.3) is 5.56 Å². The van der Waals surface area contributed by atoms with E-state index in [-0.39, 0.29) is 11.5 Å². The van der Waals surface area contributed by atoms with Crippen LogP contribution in [0.25, 0.3) is 11.1 Å². The van der Waals surface area contributed by atoms with E-state index in [4.69, 9.17) is 5.73 Å². The van der Waals surface area contributed by atoms with Gasteiger partial charge >= 0.3 is 0 Å². The molecule has 0 bridgehead atoms. The van der Waals surface area contributed by atoms with Gasteiger partial charge in [-0.15, -0.1) is 0 Å². The quantitative estimate of drug-likeness (QED) is 0.802. The van der Waals surface area contributed by atoms with Crippen molar-refractivity contribution in [2.24, 2.45) is 7.05 Å². The Balaban J connectivity index is 1.78. The molecule has 0 unspecified atom stereocenters. The van der Waals surface area contributed by atoms with Gasteiger partial charge in [-0.3, -0.25) is 14.3 Å². The lowest BCUT2D eigenvalue weighted by molar-refractivity contribution is 0.806. The first-order chi connectivity index (χ1) is 11.1. The van der Waals surface area contributed by atoms with Crippen molar-refractivity contribution in [3.05, 3.63) is 76.5 Å². The summed E-state index contributed by atoms with van der Waals surface area (Å²) in [4.78, 5) is 20.1. The first kappa shape index (κ1) is 15.0. The molecule has 0 saturated carbocycles. The molecule has 5 nitrogen and oxygen atoms in total. The molecule has 0 fully saturated rings. The lowest BCUT2D eigenvalue weighted by Gasteiger charge is -2.07. The van der Waals surface area contributed by atoms with Gasteiger partial charge in [0.1, 0.15) is 0 Å². The second-order valence-electron chi connectivity index (χ2n) is 5.44. The Bertz CT molecular complexity index is 872. The first-order valence-electron chi connectivity index (χ1n) is 7.45. The molecule has 2 aromatic heterocycles. The van der Waals surface area contributed by atoms with Crippen molar-refractivity contribution in [1.29, 1.82) is 0 Å². The third kappa shape index (κ3) is 3.45. The van der Waals surface area contributed by atoms with Crippen LogP contribution < -0.4 is 11.3 Å². The molecule has 1 aromatic carbocycles. The fourth-order valence-electron chi connectivity index (χ4n) is 2.46. The van der Waals surface area contributed by atoms with Gasteiger partial charge < -0.3 is 5.73 Å². The number of anilines is 1. The molecule has 0 aliphatic heterocycles. The number of aromatic nitrogens is 3. The smallest absolute Gasteiger partial charge is 0.254 e. The van der Waals surface area contributed by atoms with Crippen molar-refractivity contribution in [2.45, 2.75) is 12.8 Å². The second-order valence-corrected chi connectivity index (χ2v) is 5.44. The zero-order valence-electron chi connectivity index (χ0n) is 12.9. The average Bonchev–Trinajstić information content (AvgIpc) is 2.59. The molecular weight excluding hydrogens is 288 g/mol. The number of nitrogens with zero attached hydrogens (tertiary/aromatic N) is 3. The fraction of sp³-hybridized carbons (Fsp3) is 0.167. The van der Waals surface area contributed by atoms with Gasteiger partial charge in [0, 0.05) is 25.5 Å². The number of rotatable bonds is 4. The van der Waals surface area contributed by atoms with E-state index in [1.807, 2.05) is 18.2 Å². The van der Waals surface area contributed by atoms with Crippen LogP contribution in [0.5, 0.6) is 0 Å². The molecule has 0 aliphatic rings. The number of hydrogen-bond acceptors (Lipinski definition) is 4. The Morgan fingerprint density at radius 3 is 2.57 bits per heavy atom. The highest BCUT2D eigenvalue weighted by Gasteiger charge is 2.04. The van der Waals surface area contributed by atoms with Crippen LogP contribution in [0, 0.1) is 0 Å². The predicted molar refractivity (Wildman–Crippen MR) is 91.0 cm³/mol. The normalized spacial score (nSPS) is 10.7. The third-order valence-electron chi connectivity index (χ3n) is 3.83. The van der Waals surface area contributed by atoms with Crippen LogP contribution in [-0.4, -0.2) is 14.5 Å². The predicted octanol–water partition coefficient (Wildman–Crippen LogP) is 2.21. The highest BCUT2D eigenvalue weighted by molar-refractivity contribution is 5.63. The molecule has 0 spiro atoms.